The minimum absolute atomic E-state index is 0.134. The first kappa shape index (κ1) is 22.1. The lowest BCUT2D eigenvalue weighted by Gasteiger charge is -2.14. The maximum absolute atomic E-state index is 12.9. The van der Waals surface area contributed by atoms with Gasteiger partial charge in [0.25, 0.3) is 5.56 Å². The second-order valence-electron chi connectivity index (χ2n) is 7.85. The Balaban J connectivity index is 1.58. The van der Waals surface area contributed by atoms with Crippen LogP contribution in [0.15, 0.2) is 64.2 Å². The molecule has 1 aromatic heterocycles. The number of methoxy groups -OCH3 is 1. The summed E-state index contributed by atoms with van der Waals surface area (Å²) in [6.07, 6.45) is -0.207. The number of carbonyl (C=O) groups is 2. The average molecular weight is 448 g/mol. The molecule has 3 aromatic rings. The summed E-state index contributed by atoms with van der Waals surface area (Å²) in [7, 11) is 2.93. The van der Waals surface area contributed by atoms with Crippen LogP contribution >= 0.6 is 0 Å². The number of benzene rings is 2. The van der Waals surface area contributed by atoms with Crippen LogP contribution in [-0.2, 0) is 29.7 Å². The van der Waals surface area contributed by atoms with Crippen molar-refractivity contribution in [1.29, 1.82) is 0 Å². The second kappa shape index (κ2) is 9.15. The van der Waals surface area contributed by atoms with Crippen molar-refractivity contribution in [2.45, 2.75) is 25.4 Å². The molecule has 1 aliphatic rings. The molecule has 170 valence electrons. The van der Waals surface area contributed by atoms with Gasteiger partial charge in [0.05, 0.1) is 25.1 Å². The van der Waals surface area contributed by atoms with Gasteiger partial charge in [0.1, 0.15) is 11.6 Å². The van der Waals surface area contributed by atoms with Crippen LogP contribution in [0.5, 0.6) is 5.75 Å². The Kier molecular flexibility index (Phi) is 6.12. The number of rotatable bonds is 7. The molecule has 0 saturated heterocycles. The standard InChI is InChI=1S/C24H24N4O5/c1-27-23(31)20-18(12-19(29)25-13-16-9-6-10-17(11-16)33-2)22(30)26-21(20)28(24(27)32)14-15-7-4-3-5-8-15/h3-11,18H,12-14H2,1-2H3,(H,25,29)(H,26,30)/t18-/m0/s1. The minimum atomic E-state index is -0.980. The summed E-state index contributed by atoms with van der Waals surface area (Å²) in [4.78, 5) is 51.0. The molecule has 4 rings (SSSR count). The number of fused-ring (bicyclic) bond motifs is 1. The van der Waals surface area contributed by atoms with Gasteiger partial charge < -0.3 is 15.4 Å². The quantitative estimate of drug-likeness (QED) is 0.567. The highest BCUT2D eigenvalue weighted by Gasteiger charge is 2.38. The smallest absolute Gasteiger partial charge is 0.332 e. The molecule has 9 heteroatoms. The molecule has 0 radical (unpaired) electrons. The molecule has 0 saturated carbocycles. The van der Waals surface area contributed by atoms with E-state index in [1.165, 1.54) is 11.6 Å². The van der Waals surface area contributed by atoms with Gasteiger partial charge in [-0.15, -0.1) is 0 Å². The fraction of sp³-hybridized carbons (Fsp3) is 0.250. The highest BCUT2D eigenvalue weighted by molar-refractivity contribution is 6.04. The molecular formula is C24H24N4O5. The predicted molar refractivity (Wildman–Crippen MR) is 122 cm³/mol. The lowest BCUT2D eigenvalue weighted by molar-refractivity contribution is -0.125. The summed E-state index contributed by atoms with van der Waals surface area (Å²) in [5.74, 6) is -1.01. The van der Waals surface area contributed by atoms with E-state index in [0.717, 1.165) is 15.7 Å². The molecule has 0 bridgehead atoms. The summed E-state index contributed by atoms with van der Waals surface area (Å²) >= 11 is 0. The fourth-order valence-electron chi connectivity index (χ4n) is 3.92. The maximum atomic E-state index is 12.9. The molecule has 0 spiro atoms. The van der Waals surface area contributed by atoms with Crippen molar-refractivity contribution in [3.8, 4) is 5.75 Å². The van der Waals surface area contributed by atoms with Crippen LogP contribution in [0.3, 0.4) is 0 Å². The zero-order valence-electron chi connectivity index (χ0n) is 18.3. The van der Waals surface area contributed by atoms with E-state index < -0.39 is 23.1 Å². The average Bonchev–Trinajstić information content (AvgIpc) is 3.15. The Morgan fingerprint density at radius 1 is 1.06 bits per heavy atom. The number of amides is 2. The Morgan fingerprint density at radius 2 is 1.79 bits per heavy atom. The van der Waals surface area contributed by atoms with E-state index >= 15 is 0 Å². The van der Waals surface area contributed by atoms with E-state index in [-0.39, 0.29) is 36.8 Å². The molecule has 1 aliphatic heterocycles. The van der Waals surface area contributed by atoms with Crippen molar-refractivity contribution in [2.24, 2.45) is 7.05 Å². The molecule has 2 N–H and O–H groups in total. The number of carbonyl (C=O) groups excluding carboxylic acids is 2. The molecule has 2 heterocycles. The molecular weight excluding hydrogens is 424 g/mol. The van der Waals surface area contributed by atoms with Crippen LogP contribution in [-0.4, -0.2) is 28.1 Å². The monoisotopic (exact) mass is 448 g/mol. The first-order chi connectivity index (χ1) is 15.9. The third-order valence-corrected chi connectivity index (χ3v) is 5.68. The van der Waals surface area contributed by atoms with Gasteiger partial charge in [-0.25, -0.2) is 4.79 Å². The van der Waals surface area contributed by atoms with E-state index in [9.17, 15) is 19.2 Å². The van der Waals surface area contributed by atoms with Gasteiger partial charge in [0.15, 0.2) is 0 Å². The first-order valence-corrected chi connectivity index (χ1v) is 10.5. The van der Waals surface area contributed by atoms with Crippen molar-refractivity contribution in [2.75, 3.05) is 12.4 Å². The lowest BCUT2D eigenvalue weighted by Crippen LogP contribution is -2.40. The number of nitrogens with one attached hydrogen (secondary N) is 2. The minimum Gasteiger partial charge on any atom is -0.497 e. The van der Waals surface area contributed by atoms with Crippen molar-refractivity contribution < 1.29 is 14.3 Å². The molecule has 0 unspecified atom stereocenters. The summed E-state index contributed by atoms with van der Waals surface area (Å²) in [5, 5.41) is 5.43. The highest BCUT2D eigenvalue weighted by atomic mass is 16.5. The van der Waals surface area contributed by atoms with Crippen LogP contribution in [0.2, 0.25) is 0 Å². The molecule has 33 heavy (non-hydrogen) atoms. The summed E-state index contributed by atoms with van der Waals surface area (Å²) in [6.45, 7) is 0.438. The van der Waals surface area contributed by atoms with Gasteiger partial charge in [-0.1, -0.05) is 42.5 Å². The van der Waals surface area contributed by atoms with Gasteiger partial charge in [0.2, 0.25) is 11.8 Å². The normalized spacial score (nSPS) is 14.5. The number of anilines is 1. The number of hydrogen-bond donors (Lipinski definition) is 2. The molecule has 1 atom stereocenters. The van der Waals surface area contributed by atoms with Crippen molar-refractivity contribution in [3.05, 3.63) is 92.1 Å². The van der Waals surface area contributed by atoms with Crippen molar-refractivity contribution >= 4 is 17.6 Å². The Bertz CT molecular complexity index is 1330. The largest absolute Gasteiger partial charge is 0.497 e. The van der Waals surface area contributed by atoms with Crippen LogP contribution in [0.25, 0.3) is 0 Å². The van der Waals surface area contributed by atoms with E-state index in [2.05, 4.69) is 10.6 Å². The molecule has 0 fully saturated rings. The van der Waals surface area contributed by atoms with E-state index in [1.54, 1.807) is 19.2 Å². The molecule has 2 aromatic carbocycles. The SMILES string of the molecule is COc1cccc(CNC(=O)C[C@@H]2C(=O)Nc3c2c(=O)n(C)c(=O)n3Cc2ccccc2)c1. The summed E-state index contributed by atoms with van der Waals surface area (Å²) in [5.41, 5.74) is 0.699. The third-order valence-electron chi connectivity index (χ3n) is 5.68. The van der Waals surface area contributed by atoms with Crippen LogP contribution < -0.4 is 26.6 Å². The molecule has 9 nitrogen and oxygen atoms in total. The van der Waals surface area contributed by atoms with Crippen LogP contribution in [0, 0.1) is 0 Å². The Morgan fingerprint density at radius 3 is 2.52 bits per heavy atom. The van der Waals surface area contributed by atoms with E-state index in [1.807, 2.05) is 42.5 Å². The van der Waals surface area contributed by atoms with Gasteiger partial charge in [-0.3, -0.25) is 23.5 Å². The first-order valence-electron chi connectivity index (χ1n) is 10.5. The van der Waals surface area contributed by atoms with Gasteiger partial charge in [-0.05, 0) is 23.3 Å². The third kappa shape index (κ3) is 4.43. The predicted octanol–water partition coefficient (Wildman–Crippen LogP) is 1.35. The fourth-order valence-corrected chi connectivity index (χ4v) is 3.92. The van der Waals surface area contributed by atoms with Gasteiger partial charge in [0, 0.05) is 20.0 Å². The zero-order chi connectivity index (χ0) is 23.5. The van der Waals surface area contributed by atoms with Crippen LogP contribution in [0.4, 0.5) is 5.82 Å². The molecule has 0 aliphatic carbocycles. The number of ether oxygens (including phenoxy) is 1. The number of nitrogens with zero attached hydrogens (tertiary/aromatic N) is 2. The molecule has 2 amide bonds. The lowest BCUT2D eigenvalue weighted by atomic mass is 9.99. The maximum Gasteiger partial charge on any atom is 0.332 e. The summed E-state index contributed by atoms with van der Waals surface area (Å²) in [6, 6.07) is 16.5. The highest BCUT2D eigenvalue weighted by Crippen LogP contribution is 2.31. The van der Waals surface area contributed by atoms with E-state index in [0.29, 0.717) is 5.75 Å². The zero-order valence-corrected chi connectivity index (χ0v) is 18.3. The van der Waals surface area contributed by atoms with Gasteiger partial charge in [-0.2, -0.15) is 0 Å². The summed E-state index contributed by atoms with van der Waals surface area (Å²) < 4.78 is 7.51. The number of hydrogen-bond acceptors (Lipinski definition) is 5. The van der Waals surface area contributed by atoms with Crippen LogP contribution in [0.1, 0.15) is 29.0 Å². The second-order valence-corrected chi connectivity index (χ2v) is 7.85. The topological polar surface area (TPSA) is 111 Å². The Hall–Kier alpha value is -4.14. The van der Waals surface area contributed by atoms with Gasteiger partial charge >= 0.3 is 5.69 Å². The van der Waals surface area contributed by atoms with E-state index in [4.69, 9.17) is 4.74 Å². The Labute approximate surface area is 189 Å². The van der Waals surface area contributed by atoms with Crippen molar-refractivity contribution in [3.63, 3.8) is 0 Å². The van der Waals surface area contributed by atoms with Crippen molar-refractivity contribution in [1.82, 2.24) is 14.5 Å². The number of aromatic nitrogens is 2.